The minimum atomic E-state index is -0.562. The second kappa shape index (κ2) is 8.55. The van der Waals surface area contributed by atoms with Crippen LogP contribution < -0.4 is 10.7 Å². The van der Waals surface area contributed by atoms with E-state index in [9.17, 15) is 19.7 Å². The minimum absolute atomic E-state index is 0.120. The molecule has 0 bridgehead atoms. The van der Waals surface area contributed by atoms with Crippen LogP contribution in [-0.2, 0) is 4.79 Å². The van der Waals surface area contributed by atoms with E-state index >= 15 is 0 Å². The lowest BCUT2D eigenvalue weighted by atomic mass is 10.2. The van der Waals surface area contributed by atoms with Gasteiger partial charge >= 0.3 is 0 Å². The number of nitrogens with one attached hydrogen (secondary N) is 2. The van der Waals surface area contributed by atoms with Crippen LogP contribution >= 0.6 is 11.6 Å². The molecule has 0 aliphatic carbocycles. The summed E-state index contributed by atoms with van der Waals surface area (Å²) in [4.78, 5) is 33.4. The van der Waals surface area contributed by atoms with Gasteiger partial charge in [0.05, 0.1) is 17.7 Å². The fraction of sp³-hybridized carbons (Fsp3) is 0.0625. The van der Waals surface area contributed by atoms with Crippen LogP contribution in [0.15, 0.2) is 53.6 Å². The van der Waals surface area contributed by atoms with Crippen LogP contribution in [-0.4, -0.2) is 29.5 Å². The number of non-ortho nitro benzene ring substituents is 1. The Labute approximate surface area is 147 Å². The molecule has 0 saturated carbocycles. The average molecular weight is 361 g/mol. The SMILES string of the molecule is O=C(CNC(=O)c1ccc([N+](=O)[O-])cc1)N/N=C\c1ccc(Cl)cc1. The second-order valence-electron chi connectivity index (χ2n) is 4.83. The molecule has 0 aliphatic rings. The first-order valence-electron chi connectivity index (χ1n) is 7.06. The molecule has 0 unspecified atom stereocenters. The summed E-state index contributed by atoms with van der Waals surface area (Å²) in [7, 11) is 0. The average Bonchev–Trinajstić information content (AvgIpc) is 2.61. The van der Waals surface area contributed by atoms with Crippen molar-refractivity contribution in [1.82, 2.24) is 10.7 Å². The first-order chi connectivity index (χ1) is 12.0. The topological polar surface area (TPSA) is 114 Å². The molecule has 2 amide bonds. The zero-order chi connectivity index (χ0) is 18.2. The summed E-state index contributed by atoms with van der Waals surface area (Å²) in [5.41, 5.74) is 3.11. The summed E-state index contributed by atoms with van der Waals surface area (Å²) >= 11 is 5.75. The van der Waals surface area contributed by atoms with E-state index in [1.165, 1.54) is 30.5 Å². The van der Waals surface area contributed by atoms with Crippen molar-refractivity contribution in [1.29, 1.82) is 0 Å². The van der Waals surface area contributed by atoms with Crippen molar-refractivity contribution in [3.8, 4) is 0 Å². The lowest BCUT2D eigenvalue weighted by Gasteiger charge is -2.04. The van der Waals surface area contributed by atoms with E-state index in [4.69, 9.17) is 11.6 Å². The number of benzene rings is 2. The van der Waals surface area contributed by atoms with Gasteiger partial charge in [-0.3, -0.25) is 19.7 Å². The third-order valence-corrected chi connectivity index (χ3v) is 3.27. The van der Waals surface area contributed by atoms with Gasteiger partial charge in [0.1, 0.15) is 0 Å². The van der Waals surface area contributed by atoms with E-state index in [0.29, 0.717) is 5.02 Å². The molecule has 0 saturated heterocycles. The number of nitro benzene ring substituents is 1. The van der Waals surface area contributed by atoms with Crippen LogP contribution in [0, 0.1) is 10.1 Å². The molecule has 2 aromatic rings. The molecule has 25 heavy (non-hydrogen) atoms. The molecule has 2 aromatic carbocycles. The molecule has 128 valence electrons. The van der Waals surface area contributed by atoms with E-state index in [1.807, 2.05) is 0 Å². The van der Waals surface area contributed by atoms with Crippen molar-refractivity contribution in [2.75, 3.05) is 6.54 Å². The van der Waals surface area contributed by atoms with Gasteiger partial charge in [0, 0.05) is 22.7 Å². The Kier molecular flexibility index (Phi) is 6.19. The van der Waals surface area contributed by atoms with Crippen molar-refractivity contribution in [3.63, 3.8) is 0 Å². The third-order valence-electron chi connectivity index (χ3n) is 3.02. The maximum atomic E-state index is 11.8. The number of hydrogen-bond donors (Lipinski definition) is 2. The van der Waals surface area contributed by atoms with Crippen LogP contribution in [0.5, 0.6) is 0 Å². The van der Waals surface area contributed by atoms with Crippen molar-refractivity contribution in [2.45, 2.75) is 0 Å². The standard InChI is InChI=1S/C16H13ClN4O4/c17-13-5-1-11(2-6-13)9-19-20-15(22)10-18-16(23)12-3-7-14(8-4-12)21(24)25/h1-9H,10H2,(H,18,23)(H,20,22)/b19-9-. The Morgan fingerprint density at radius 1 is 1.12 bits per heavy atom. The molecule has 0 spiro atoms. The predicted molar refractivity (Wildman–Crippen MR) is 92.6 cm³/mol. The van der Waals surface area contributed by atoms with Crippen LogP contribution in [0.1, 0.15) is 15.9 Å². The molecule has 0 radical (unpaired) electrons. The highest BCUT2D eigenvalue weighted by Gasteiger charge is 2.10. The van der Waals surface area contributed by atoms with Gasteiger partial charge in [0.15, 0.2) is 0 Å². The maximum absolute atomic E-state index is 11.8. The molecule has 0 heterocycles. The highest BCUT2D eigenvalue weighted by molar-refractivity contribution is 6.30. The summed E-state index contributed by atoms with van der Waals surface area (Å²) in [5.74, 6) is -1.03. The Morgan fingerprint density at radius 2 is 1.76 bits per heavy atom. The van der Waals surface area contributed by atoms with Crippen molar-refractivity contribution >= 4 is 35.3 Å². The van der Waals surface area contributed by atoms with E-state index < -0.39 is 16.7 Å². The second-order valence-corrected chi connectivity index (χ2v) is 5.27. The molecule has 9 heteroatoms. The molecule has 2 N–H and O–H groups in total. The number of carbonyl (C=O) groups excluding carboxylic acids is 2. The Bertz CT molecular complexity index is 804. The third kappa shape index (κ3) is 5.70. The largest absolute Gasteiger partial charge is 0.343 e. The lowest BCUT2D eigenvalue weighted by molar-refractivity contribution is -0.384. The van der Waals surface area contributed by atoms with Crippen LogP contribution in [0.4, 0.5) is 5.69 Å². The Hall–Kier alpha value is -3.26. The van der Waals surface area contributed by atoms with E-state index in [0.717, 1.165) is 5.56 Å². The zero-order valence-corrected chi connectivity index (χ0v) is 13.6. The molecule has 8 nitrogen and oxygen atoms in total. The summed E-state index contributed by atoms with van der Waals surface area (Å²) in [5, 5.41) is 17.3. The highest BCUT2D eigenvalue weighted by Crippen LogP contribution is 2.11. The van der Waals surface area contributed by atoms with E-state index in [1.54, 1.807) is 24.3 Å². The smallest absolute Gasteiger partial charge is 0.269 e. The predicted octanol–water partition coefficient (Wildman–Crippen LogP) is 2.13. The fourth-order valence-corrected chi connectivity index (χ4v) is 1.89. The fourth-order valence-electron chi connectivity index (χ4n) is 1.76. The van der Waals surface area contributed by atoms with Crippen LogP contribution in [0.3, 0.4) is 0 Å². The first kappa shape index (κ1) is 18.1. The van der Waals surface area contributed by atoms with Crippen molar-refractivity contribution in [3.05, 3.63) is 74.8 Å². The number of nitrogens with zero attached hydrogens (tertiary/aromatic N) is 2. The number of amides is 2. The van der Waals surface area contributed by atoms with Crippen LogP contribution in [0.2, 0.25) is 5.02 Å². The summed E-state index contributed by atoms with van der Waals surface area (Å²) in [6.45, 7) is -0.284. The molecular weight excluding hydrogens is 348 g/mol. The molecule has 0 aliphatic heterocycles. The monoisotopic (exact) mass is 360 g/mol. The van der Waals surface area contributed by atoms with Gasteiger partial charge in [-0.2, -0.15) is 5.10 Å². The zero-order valence-electron chi connectivity index (χ0n) is 12.8. The first-order valence-corrected chi connectivity index (χ1v) is 7.43. The van der Waals surface area contributed by atoms with Gasteiger partial charge in [-0.05, 0) is 29.8 Å². The van der Waals surface area contributed by atoms with Gasteiger partial charge in [-0.1, -0.05) is 23.7 Å². The highest BCUT2D eigenvalue weighted by atomic mass is 35.5. The number of halogens is 1. The normalized spacial score (nSPS) is 10.4. The number of hydrogen-bond acceptors (Lipinski definition) is 5. The van der Waals surface area contributed by atoms with E-state index in [-0.39, 0.29) is 17.8 Å². The maximum Gasteiger partial charge on any atom is 0.269 e. The Morgan fingerprint density at radius 3 is 2.36 bits per heavy atom. The molecule has 2 rings (SSSR count). The van der Waals surface area contributed by atoms with Gasteiger partial charge in [-0.25, -0.2) is 5.43 Å². The molecule has 0 atom stereocenters. The van der Waals surface area contributed by atoms with E-state index in [2.05, 4.69) is 15.8 Å². The number of rotatable bonds is 6. The van der Waals surface area contributed by atoms with Crippen molar-refractivity contribution < 1.29 is 14.5 Å². The molecular formula is C16H13ClN4O4. The van der Waals surface area contributed by atoms with Gasteiger partial charge in [-0.15, -0.1) is 0 Å². The lowest BCUT2D eigenvalue weighted by Crippen LogP contribution is -2.34. The summed E-state index contributed by atoms with van der Waals surface area (Å²) in [6, 6.07) is 11.9. The molecule has 0 fully saturated rings. The number of carbonyl (C=O) groups is 2. The van der Waals surface area contributed by atoms with Gasteiger partial charge < -0.3 is 5.32 Å². The van der Waals surface area contributed by atoms with Gasteiger partial charge in [0.25, 0.3) is 17.5 Å². The van der Waals surface area contributed by atoms with Gasteiger partial charge in [0.2, 0.25) is 0 Å². The molecule has 0 aromatic heterocycles. The quantitative estimate of drug-likeness (QED) is 0.466. The minimum Gasteiger partial charge on any atom is -0.343 e. The number of hydrazone groups is 1. The summed E-state index contributed by atoms with van der Waals surface area (Å²) in [6.07, 6.45) is 1.44. The summed E-state index contributed by atoms with van der Waals surface area (Å²) < 4.78 is 0. The Balaban J connectivity index is 1.79. The number of nitro groups is 1. The van der Waals surface area contributed by atoms with Crippen molar-refractivity contribution in [2.24, 2.45) is 5.10 Å². The van der Waals surface area contributed by atoms with Crippen LogP contribution in [0.25, 0.3) is 0 Å².